The highest BCUT2D eigenvalue weighted by molar-refractivity contribution is 5.84. The maximum atomic E-state index is 8.86. The van der Waals surface area contributed by atoms with Crippen molar-refractivity contribution in [3.8, 4) is 28.2 Å². The van der Waals surface area contributed by atoms with Gasteiger partial charge in [0.2, 0.25) is 0 Å². The van der Waals surface area contributed by atoms with E-state index in [4.69, 9.17) is 1.37 Å². The Bertz CT molecular complexity index is 1440. The predicted molar refractivity (Wildman–Crippen MR) is 134 cm³/mol. The fourth-order valence-corrected chi connectivity index (χ4v) is 4.61. The Kier molecular flexibility index (Phi) is 4.84. The van der Waals surface area contributed by atoms with Crippen LogP contribution in [0.2, 0.25) is 0 Å². The Labute approximate surface area is 191 Å². The van der Waals surface area contributed by atoms with E-state index in [9.17, 15) is 0 Å². The molecule has 0 aliphatic heterocycles. The molecule has 0 aliphatic rings. The second-order valence-corrected chi connectivity index (χ2v) is 8.62. The summed E-state index contributed by atoms with van der Waals surface area (Å²) in [6.45, 7) is 6.10. The van der Waals surface area contributed by atoms with Crippen molar-refractivity contribution in [2.24, 2.45) is 7.05 Å². The fraction of sp³-hybridized carbons (Fsp3) is 0.167. The van der Waals surface area contributed by atoms with Crippen molar-refractivity contribution in [2.75, 3.05) is 0 Å². The molecule has 0 aliphatic carbocycles. The highest BCUT2D eigenvalue weighted by Crippen LogP contribution is 2.35. The van der Waals surface area contributed by atoms with Crippen LogP contribution in [0.15, 0.2) is 97.1 Å². The number of hydrogen-bond donors (Lipinski definition) is 0. The SMILES string of the molecule is [2H]C(C)(C)c1cccc2c1n(-c1ccccc1)c(-c1cc(-c3ccccc3)ccc1C)[n+]2C. The zero-order chi connectivity index (χ0) is 23.2. The number of rotatable bonds is 4. The zero-order valence-corrected chi connectivity index (χ0v) is 19.1. The van der Waals surface area contributed by atoms with Crippen molar-refractivity contribution < 1.29 is 5.94 Å². The largest absolute Gasteiger partial charge is 0.295 e. The second kappa shape index (κ2) is 8.12. The van der Waals surface area contributed by atoms with E-state index >= 15 is 0 Å². The minimum Gasteiger partial charge on any atom is -0.225 e. The summed E-state index contributed by atoms with van der Waals surface area (Å²) in [4.78, 5) is 0. The van der Waals surface area contributed by atoms with E-state index in [1.54, 1.807) is 0 Å². The van der Waals surface area contributed by atoms with Crippen LogP contribution in [-0.2, 0) is 7.05 Å². The predicted octanol–water partition coefficient (Wildman–Crippen LogP) is 7.22. The first-order valence-electron chi connectivity index (χ1n) is 11.6. The lowest BCUT2D eigenvalue weighted by Crippen LogP contribution is -2.30. The van der Waals surface area contributed by atoms with Crippen molar-refractivity contribution in [1.29, 1.82) is 0 Å². The molecule has 0 unspecified atom stereocenters. The number of nitrogens with zero attached hydrogens (tertiary/aromatic N) is 2. The molecule has 0 amide bonds. The molecule has 0 saturated carbocycles. The number of hydrogen-bond acceptors (Lipinski definition) is 0. The van der Waals surface area contributed by atoms with E-state index < -0.39 is 5.89 Å². The van der Waals surface area contributed by atoms with Gasteiger partial charge in [0.25, 0.3) is 5.82 Å². The van der Waals surface area contributed by atoms with Gasteiger partial charge in [-0.3, -0.25) is 0 Å². The molecule has 0 spiro atoms. The average molecular weight is 419 g/mol. The summed E-state index contributed by atoms with van der Waals surface area (Å²) >= 11 is 0. The van der Waals surface area contributed by atoms with Crippen LogP contribution >= 0.6 is 0 Å². The van der Waals surface area contributed by atoms with E-state index in [0.717, 1.165) is 28.1 Å². The Morgan fingerprint density at radius 1 is 0.781 bits per heavy atom. The Hall–Kier alpha value is -3.65. The van der Waals surface area contributed by atoms with E-state index in [2.05, 4.69) is 114 Å². The molecule has 5 rings (SSSR count). The molecule has 0 fully saturated rings. The Morgan fingerprint density at radius 2 is 1.47 bits per heavy atom. The molecule has 0 radical (unpaired) electrons. The third kappa shape index (κ3) is 3.33. The number of aryl methyl sites for hydroxylation is 2. The van der Waals surface area contributed by atoms with Gasteiger partial charge in [-0.15, -0.1) is 0 Å². The fourth-order valence-electron chi connectivity index (χ4n) is 4.61. The molecule has 158 valence electrons. The summed E-state index contributed by atoms with van der Waals surface area (Å²) in [5.74, 6) is 0.387. The van der Waals surface area contributed by atoms with Crippen LogP contribution in [0.5, 0.6) is 0 Å². The van der Waals surface area contributed by atoms with Crippen molar-refractivity contribution in [3.63, 3.8) is 0 Å². The van der Waals surface area contributed by atoms with Crippen LogP contribution in [-0.4, -0.2) is 4.57 Å². The van der Waals surface area contributed by atoms with Gasteiger partial charge in [-0.1, -0.05) is 86.6 Å². The van der Waals surface area contributed by atoms with Crippen LogP contribution in [0, 0.1) is 6.92 Å². The molecule has 2 nitrogen and oxygen atoms in total. The molecule has 4 aromatic carbocycles. The number of imidazole rings is 1. The third-order valence-electron chi connectivity index (χ3n) is 6.27. The summed E-state index contributed by atoms with van der Waals surface area (Å²) in [5, 5.41) is 0. The van der Waals surface area contributed by atoms with Crippen molar-refractivity contribution >= 4 is 11.0 Å². The quantitative estimate of drug-likeness (QED) is 0.272. The summed E-state index contributed by atoms with van der Waals surface area (Å²) < 4.78 is 13.5. The van der Waals surface area contributed by atoms with Gasteiger partial charge in [-0.05, 0) is 53.8 Å². The minimum atomic E-state index is -0.727. The zero-order valence-electron chi connectivity index (χ0n) is 20.1. The molecule has 0 bridgehead atoms. The van der Waals surface area contributed by atoms with Gasteiger partial charge < -0.3 is 0 Å². The van der Waals surface area contributed by atoms with Gasteiger partial charge in [0, 0.05) is 6.93 Å². The molecule has 1 aromatic heterocycles. The summed E-state index contributed by atoms with van der Waals surface area (Å²) in [6, 6.07) is 34.0. The Morgan fingerprint density at radius 3 is 2.16 bits per heavy atom. The van der Waals surface area contributed by atoms with Crippen LogP contribution < -0.4 is 4.57 Å². The first kappa shape index (κ1) is 19.1. The maximum Gasteiger partial charge on any atom is 0.295 e. The second-order valence-electron chi connectivity index (χ2n) is 8.62. The topological polar surface area (TPSA) is 8.81 Å². The van der Waals surface area contributed by atoms with Gasteiger partial charge >= 0.3 is 0 Å². The maximum absolute atomic E-state index is 8.86. The van der Waals surface area contributed by atoms with Crippen molar-refractivity contribution in [3.05, 3.63) is 108 Å². The summed E-state index contributed by atoms with van der Waals surface area (Å²) in [5.41, 5.74) is 9.13. The smallest absolute Gasteiger partial charge is 0.225 e. The molecule has 1 heterocycles. The van der Waals surface area contributed by atoms with Crippen molar-refractivity contribution in [2.45, 2.75) is 26.7 Å². The van der Waals surface area contributed by atoms with Crippen LogP contribution in [0.4, 0.5) is 0 Å². The van der Waals surface area contributed by atoms with Crippen LogP contribution in [0.3, 0.4) is 0 Å². The van der Waals surface area contributed by atoms with Gasteiger partial charge in [0.15, 0.2) is 11.0 Å². The first-order valence-corrected chi connectivity index (χ1v) is 11.1. The minimum absolute atomic E-state index is 0.727. The van der Waals surface area contributed by atoms with Gasteiger partial charge in [0.1, 0.15) is 5.69 Å². The van der Waals surface area contributed by atoms with E-state index in [0.29, 0.717) is 0 Å². The lowest BCUT2D eigenvalue weighted by Gasteiger charge is -2.10. The van der Waals surface area contributed by atoms with Gasteiger partial charge in [0.05, 0.1) is 12.6 Å². The molecule has 2 heteroatoms. The third-order valence-corrected chi connectivity index (χ3v) is 6.27. The Balaban J connectivity index is 1.90. The van der Waals surface area contributed by atoms with Crippen LogP contribution in [0.25, 0.3) is 39.2 Å². The molecule has 32 heavy (non-hydrogen) atoms. The summed E-state index contributed by atoms with van der Waals surface area (Å²) in [6.07, 6.45) is 0. The van der Waals surface area contributed by atoms with E-state index in [-0.39, 0.29) is 0 Å². The molecular formula is C30H29N2+. The van der Waals surface area contributed by atoms with E-state index in [1.807, 2.05) is 19.9 Å². The highest BCUT2D eigenvalue weighted by Gasteiger charge is 2.29. The van der Waals surface area contributed by atoms with Crippen molar-refractivity contribution in [1.82, 2.24) is 4.57 Å². The molecule has 0 atom stereocenters. The first-order chi connectivity index (χ1) is 15.9. The average Bonchev–Trinajstić information content (AvgIpc) is 3.12. The number of benzene rings is 4. The number of aromatic nitrogens is 2. The molecule has 0 N–H and O–H groups in total. The normalized spacial score (nSPS) is 12.2. The molecule has 5 aromatic rings. The van der Waals surface area contributed by atoms with Crippen LogP contribution in [0.1, 0.15) is 32.2 Å². The monoisotopic (exact) mass is 418 g/mol. The van der Waals surface area contributed by atoms with E-state index in [1.165, 1.54) is 22.3 Å². The highest BCUT2D eigenvalue weighted by atomic mass is 15.2. The number of fused-ring (bicyclic) bond motifs is 1. The standard InChI is InChI=1S/C30H29N2/c1-21(2)26-16-11-17-28-29(26)32(25-14-9-6-10-15-25)30(31(28)4)27-20-24(19-18-22(27)3)23-12-7-5-8-13-23/h5-21H,1-4H3/q+1/i21D. The molecular weight excluding hydrogens is 388 g/mol. The number of para-hydroxylation sites is 2. The van der Waals surface area contributed by atoms with Gasteiger partial charge in [-0.2, -0.15) is 4.57 Å². The molecule has 0 saturated heterocycles. The lowest BCUT2D eigenvalue weighted by atomic mass is 9.99. The lowest BCUT2D eigenvalue weighted by molar-refractivity contribution is -0.633. The van der Waals surface area contributed by atoms with Gasteiger partial charge in [-0.25, -0.2) is 4.57 Å². The summed E-state index contributed by atoms with van der Waals surface area (Å²) in [7, 11) is 2.13.